The number of ether oxygens (including phenoxy) is 1. The molecular weight excluding hydrogens is 234 g/mol. The van der Waals surface area contributed by atoms with E-state index in [4.69, 9.17) is 4.74 Å². The van der Waals surface area contributed by atoms with E-state index in [0.717, 1.165) is 18.5 Å². The fraction of sp³-hybridized carbons (Fsp3) is 0.462. The molecule has 1 fully saturated rings. The second-order valence-electron chi connectivity index (χ2n) is 4.10. The Hall–Kier alpha value is -1.00. The molecule has 0 atom stereocenters. The number of anilines is 1. The lowest BCUT2D eigenvalue weighted by Gasteiger charge is -2.21. The zero-order valence-electron chi connectivity index (χ0n) is 9.94. The molecule has 1 amide bonds. The third-order valence-corrected chi connectivity index (χ3v) is 3.69. The first-order valence-electron chi connectivity index (χ1n) is 5.82. The van der Waals surface area contributed by atoms with Crippen molar-refractivity contribution in [1.29, 1.82) is 0 Å². The predicted octanol–water partition coefficient (Wildman–Crippen LogP) is 2.77. The average Bonchev–Trinajstić information content (AvgIpc) is 2.40. The van der Waals surface area contributed by atoms with E-state index in [1.54, 1.807) is 11.8 Å². The first-order chi connectivity index (χ1) is 8.29. The Labute approximate surface area is 106 Å². The number of hydrogen-bond donors (Lipinski definition) is 1. The van der Waals surface area contributed by atoms with Crippen molar-refractivity contribution in [1.82, 2.24) is 0 Å². The minimum absolute atomic E-state index is 0.101. The molecule has 17 heavy (non-hydrogen) atoms. The lowest BCUT2D eigenvalue weighted by molar-refractivity contribution is -0.122. The molecule has 2 rings (SSSR count). The van der Waals surface area contributed by atoms with Crippen LogP contribution >= 0.6 is 11.8 Å². The van der Waals surface area contributed by atoms with Crippen LogP contribution in [0.3, 0.4) is 0 Å². The Bertz CT molecular complexity index is 372. The summed E-state index contributed by atoms with van der Waals surface area (Å²) in [6, 6.07) is 7.93. The number of amides is 1. The van der Waals surface area contributed by atoms with Gasteiger partial charge < -0.3 is 10.1 Å². The van der Waals surface area contributed by atoms with Crippen molar-refractivity contribution in [2.24, 2.45) is 5.92 Å². The molecule has 92 valence electrons. The molecule has 1 aliphatic heterocycles. The summed E-state index contributed by atoms with van der Waals surface area (Å²) in [4.78, 5) is 13.2. The van der Waals surface area contributed by atoms with Crippen LogP contribution in [0.2, 0.25) is 0 Å². The molecule has 0 spiro atoms. The maximum atomic E-state index is 12.0. The number of hydrogen-bond acceptors (Lipinski definition) is 3. The van der Waals surface area contributed by atoms with Crippen molar-refractivity contribution in [3.63, 3.8) is 0 Å². The summed E-state index contributed by atoms with van der Waals surface area (Å²) in [6.45, 7) is 1.40. The lowest BCUT2D eigenvalue weighted by atomic mass is 9.99. The molecule has 1 heterocycles. The van der Waals surface area contributed by atoms with Crippen molar-refractivity contribution in [2.45, 2.75) is 17.7 Å². The Kier molecular flexibility index (Phi) is 4.45. The summed E-state index contributed by atoms with van der Waals surface area (Å²) in [5, 5.41) is 2.96. The molecule has 0 unspecified atom stereocenters. The zero-order chi connectivity index (χ0) is 12.1. The third-order valence-electron chi connectivity index (χ3n) is 2.95. The van der Waals surface area contributed by atoms with Crippen LogP contribution in [-0.4, -0.2) is 25.4 Å². The van der Waals surface area contributed by atoms with Crippen molar-refractivity contribution in [2.75, 3.05) is 24.8 Å². The van der Waals surface area contributed by atoms with Gasteiger partial charge in [-0.1, -0.05) is 0 Å². The van der Waals surface area contributed by atoms with Crippen LogP contribution in [0.1, 0.15) is 12.8 Å². The van der Waals surface area contributed by atoms with Gasteiger partial charge in [-0.25, -0.2) is 0 Å². The van der Waals surface area contributed by atoms with Crippen molar-refractivity contribution >= 4 is 23.4 Å². The number of rotatable bonds is 3. The minimum atomic E-state index is 0.101. The van der Waals surface area contributed by atoms with Gasteiger partial charge in [0, 0.05) is 29.7 Å². The summed E-state index contributed by atoms with van der Waals surface area (Å²) < 4.78 is 5.25. The Morgan fingerprint density at radius 1 is 1.29 bits per heavy atom. The minimum Gasteiger partial charge on any atom is -0.381 e. The largest absolute Gasteiger partial charge is 0.381 e. The highest BCUT2D eigenvalue weighted by atomic mass is 32.2. The highest BCUT2D eigenvalue weighted by Gasteiger charge is 2.21. The monoisotopic (exact) mass is 251 g/mol. The normalized spacial score (nSPS) is 16.8. The molecular formula is C13H17NO2S. The van der Waals surface area contributed by atoms with E-state index < -0.39 is 0 Å². The molecule has 0 aromatic heterocycles. The van der Waals surface area contributed by atoms with Gasteiger partial charge in [0.1, 0.15) is 0 Å². The Morgan fingerprint density at radius 2 is 1.94 bits per heavy atom. The number of benzene rings is 1. The fourth-order valence-electron chi connectivity index (χ4n) is 1.88. The predicted molar refractivity (Wildman–Crippen MR) is 70.4 cm³/mol. The summed E-state index contributed by atoms with van der Waals surface area (Å²) in [7, 11) is 0. The topological polar surface area (TPSA) is 38.3 Å². The van der Waals surface area contributed by atoms with E-state index in [0.29, 0.717) is 13.2 Å². The highest BCUT2D eigenvalue weighted by Crippen LogP contribution is 2.20. The number of nitrogens with one attached hydrogen (secondary N) is 1. The molecule has 1 saturated heterocycles. The molecule has 0 bridgehead atoms. The molecule has 1 aromatic rings. The van der Waals surface area contributed by atoms with Gasteiger partial charge in [-0.2, -0.15) is 0 Å². The quantitative estimate of drug-likeness (QED) is 0.839. The molecule has 1 aliphatic rings. The van der Waals surface area contributed by atoms with Crippen LogP contribution in [0.4, 0.5) is 5.69 Å². The van der Waals surface area contributed by atoms with Crippen LogP contribution < -0.4 is 5.32 Å². The van der Waals surface area contributed by atoms with Crippen molar-refractivity contribution in [3.8, 4) is 0 Å². The van der Waals surface area contributed by atoms with Crippen LogP contribution in [0.5, 0.6) is 0 Å². The number of carbonyl (C=O) groups excluding carboxylic acids is 1. The van der Waals surface area contributed by atoms with Gasteiger partial charge in [-0.05, 0) is 43.4 Å². The van der Waals surface area contributed by atoms with Crippen LogP contribution in [0, 0.1) is 5.92 Å². The number of thioether (sulfide) groups is 1. The average molecular weight is 251 g/mol. The van der Waals surface area contributed by atoms with Crippen LogP contribution in [-0.2, 0) is 9.53 Å². The fourth-order valence-corrected chi connectivity index (χ4v) is 2.29. The van der Waals surface area contributed by atoms with Crippen LogP contribution in [0.15, 0.2) is 29.2 Å². The van der Waals surface area contributed by atoms with E-state index in [9.17, 15) is 4.79 Å². The molecule has 1 N–H and O–H groups in total. The molecule has 1 aromatic carbocycles. The van der Waals surface area contributed by atoms with Gasteiger partial charge in [-0.15, -0.1) is 11.8 Å². The Morgan fingerprint density at radius 3 is 2.53 bits per heavy atom. The van der Waals surface area contributed by atoms with Crippen LogP contribution in [0.25, 0.3) is 0 Å². The van der Waals surface area contributed by atoms with Gasteiger partial charge in [0.25, 0.3) is 0 Å². The van der Waals surface area contributed by atoms with E-state index in [1.807, 2.05) is 30.5 Å². The summed E-state index contributed by atoms with van der Waals surface area (Å²) in [5.74, 6) is 0.217. The molecule has 3 nitrogen and oxygen atoms in total. The Balaban J connectivity index is 1.92. The SMILES string of the molecule is CSc1ccc(NC(=O)C2CCOCC2)cc1. The van der Waals surface area contributed by atoms with E-state index in [-0.39, 0.29) is 11.8 Å². The standard InChI is InChI=1S/C13H17NO2S/c1-17-12-4-2-11(3-5-12)14-13(15)10-6-8-16-9-7-10/h2-5,10H,6-9H2,1H3,(H,14,15). The van der Waals surface area contributed by atoms with Crippen molar-refractivity contribution in [3.05, 3.63) is 24.3 Å². The summed E-state index contributed by atoms with van der Waals surface area (Å²) in [6.07, 6.45) is 3.69. The maximum Gasteiger partial charge on any atom is 0.227 e. The maximum absolute atomic E-state index is 12.0. The highest BCUT2D eigenvalue weighted by molar-refractivity contribution is 7.98. The first-order valence-corrected chi connectivity index (χ1v) is 7.05. The molecule has 0 radical (unpaired) electrons. The zero-order valence-corrected chi connectivity index (χ0v) is 10.8. The van der Waals surface area contributed by atoms with Crippen molar-refractivity contribution < 1.29 is 9.53 Å². The van der Waals surface area contributed by atoms with E-state index >= 15 is 0 Å². The van der Waals surface area contributed by atoms with E-state index in [2.05, 4.69) is 5.32 Å². The molecule has 0 aliphatic carbocycles. The first kappa shape index (κ1) is 12.5. The van der Waals surface area contributed by atoms with Gasteiger partial charge >= 0.3 is 0 Å². The smallest absolute Gasteiger partial charge is 0.227 e. The second kappa shape index (κ2) is 6.07. The summed E-state index contributed by atoms with van der Waals surface area (Å²) >= 11 is 1.70. The van der Waals surface area contributed by atoms with Gasteiger partial charge in [-0.3, -0.25) is 4.79 Å². The van der Waals surface area contributed by atoms with E-state index in [1.165, 1.54) is 4.90 Å². The third kappa shape index (κ3) is 3.48. The van der Waals surface area contributed by atoms with Gasteiger partial charge in [0.2, 0.25) is 5.91 Å². The second-order valence-corrected chi connectivity index (χ2v) is 4.98. The lowest BCUT2D eigenvalue weighted by Crippen LogP contribution is -2.28. The van der Waals surface area contributed by atoms with Gasteiger partial charge in [0.15, 0.2) is 0 Å². The molecule has 4 heteroatoms. The summed E-state index contributed by atoms with van der Waals surface area (Å²) in [5.41, 5.74) is 0.874. The number of carbonyl (C=O) groups is 1. The molecule has 0 saturated carbocycles. The van der Waals surface area contributed by atoms with Gasteiger partial charge in [0.05, 0.1) is 0 Å².